The van der Waals surface area contributed by atoms with Gasteiger partial charge in [-0.05, 0) is 12.8 Å². The molecular weight excluding hydrogens is 284 g/mol. The summed E-state index contributed by atoms with van der Waals surface area (Å²) in [6, 6.07) is 0. The van der Waals surface area contributed by atoms with Crippen molar-refractivity contribution in [2.24, 2.45) is 7.05 Å². The Balaban J connectivity index is 1.71. The molecule has 0 bridgehead atoms. The first kappa shape index (κ1) is 14.3. The van der Waals surface area contributed by atoms with Gasteiger partial charge in [0.2, 0.25) is 11.8 Å². The van der Waals surface area contributed by atoms with Crippen LogP contribution in [0.5, 0.6) is 5.88 Å². The second kappa shape index (κ2) is 6.00. The van der Waals surface area contributed by atoms with E-state index < -0.39 is 0 Å². The Morgan fingerprint density at radius 2 is 1.95 bits per heavy atom. The predicted molar refractivity (Wildman–Crippen MR) is 81.2 cm³/mol. The molecule has 0 unspecified atom stereocenters. The molecule has 2 aromatic rings. The van der Waals surface area contributed by atoms with Crippen molar-refractivity contribution in [3.8, 4) is 5.88 Å². The van der Waals surface area contributed by atoms with Crippen molar-refractivity contribution in [3.05, 3.63) is 24.2 Å². The highest BCUT2D eigenvalue weighted by Crippen LogP contribution is 2.18. The van der Waals surface area contributed by atoms with E-state index in [4.69, 9.17) is 4.74 Å². The van der Waals surface area contributed by atoms with Gasteiger partial charge in [-0.1, -0.05) is 0 Å². The summed E-state index contributed by atoms with van der Waals surface area (Å²) in [6.45, 7) is 1.97. The zero-order valence-electron chi connectivity index (χ0n) is 12.6. The topological polar surface area (TPSA) is 85.2 Å². The van der Waals surface area contributed by atoms with Crippen LogP contribution in [0.4, 0.5) is 11.6 Å². The highest BCUT2D eigenvalue weighted by Gasteiger charge is 2.18. The number of amides is 1. The maximum absolute atomic E-state index is 12.2. The maximum Gasteiger partial charge on any atom is 0.262 e. The average Bonchev–Trinajstić information content (AvgIpc) is 3.17. The predicted octanol–water partition coefficient (Wildman–Crippen LogP) is 1.07. The second-order valence-corrected chi connectivity index (χ2v) is 5.15. The Labute approximate surface area is 128 Å². The molecule has 8 heteroatoms. The zero-order chi connectivity index (χ0) is 15.5. The van der Waals surface area contributed by atoms with Crippen LogP contribution in [-0.4, -0.2) is 45.9 Å². The van der Waals surface area contributed by atoms with Crippen molar-refractivity contribution >= 4 is 17.5 Å². The van der Waals surface area contributed by atoms with Gasteiger partial charge in [-0.15, -0.1) is 5.10 Å². The molecule has 1 N–H and O–H groups in total. The van der Waals surface area contributed by atoms with E-state index in [2.05, 4.69) is 25.3 Å². The standard InChI is InChI=1S/C14H18N6O2/c1-19-9-11(13(18-19)22-2)12(21)17-10-7-15-14(16-8-10)20-5-3-4-6-20/h7-9H,3-6H2,1-2H3,(H,17,21). The number of ether oxygens (including phenoxy) is 1. The van der Waals surface area contributed by atoms with Crippen molar-refractivity contribution in [1.82, 2.24) is 19.7 Å². The molecule has 0 saturated carbocycles. The van der Waals surface area contributed by atoms with Gasteiger partial charge < -0.3 is 15.0 Å². The first-order valence-electron chi connectivity index (χ1n) is 7.13. The second-order valence-electron chi connectivity index (χ2n) is 5.15. The van der Waals surface area contributed by atoms with Crippen LogP contribution < -0.4 is 15.0 Å². The van der Waals surface area contributed by atoms with E-state index in [1.165, 1.54) is 24.6 Å². The summed E-state index contributed by atoms with van der Waals surface area (Å²) >= 11 is 0. The van der Waals surface area contributed by atoms with E-state index in [9.17, 15) is 4.79 Å². The molecule has 0 aliphatic carbocycles. The molecule has 2 aromatic heterocycles. The van der Waals surface area contributed by atoms with Crippen LogP contribution in [0, 0.1) is 0 Å². The molecule has 3 heterocycles. The quantitative estimate of drug-likeness (QED) is 0.909. The molecule has 0 spiro atoms. The third kappa shape index (κ3) is 2.85. The van der Waals surface area contributed by atoms with Crippen molar-refractivity contribution in [2.45, 2.75) is 12.8 Å². The lowest BCUT2D eigenvalue weighted by atomic mass is 10.3. The molecule has 1 aliphatic rings. The summed E-state index contributed by atoms with van der Waals surface area (Å²) in [5, 5.41) is 6.80. The number of carbonyl (C=O) groups is 1. The van der Waals surface area contributed by atoms with E-state index in [0.717, 1.165) is 13.1 Å². The largest absolute Gasteiger partial charge is 0.479 e. The normalized spacial score (nSPS) is 14.2. The number of rotatable bonds is 4. The SMILES string of the molecule is COc1nn(C)cc1C(=O)Nc1cnc(N2CCCC2)nc1. The van der Waals surface area contributed by atoms with E-state index in [-0.39, 0.29) is 11.8 Å². The maximum atomic E-state index is 12.2. The summed E-state index contributed by atoms with van der Waals surface area (Å²) in [5.41, 5.74) is 0.910. The lowest BCUT2D eigenvalue weighted by Gasteiger charge is -2.14. The van der Waals surface area contributed by atoms with Crippen LogP contribution in [0.3, 0.4) is 0 Å². The number of anilines is 2. The number of nitrogens with one attached hydrogen (secondary N) is 1. The van der Waals surface area contributed by atoms with E-state index >= 15 is 0 Å². The monoisotopic (exact) mass is 302 g/mol. The number of nitrogens with zero attached hydrogens (tertiary/aromatic N) is 5. The summed E-state index contributed by atoms with van der Waals surface area (Å²) in [5.74, 6) is 0.687. The molecular formula is C14H18N6O2. The van der Waals surface area contributed by atoms with Gasteiger partial charge in [0.15, 0.2) is 0 Å². The van der Waals surface area contributed by atoms with E-state index in [1.807, 2.05) is 0 Å². The van der Waals surface area contributed by atoms with Crippen LogP contribution in [0.15, 0.2) is 18.6 Å². The number of carbonyl (C=O) groups excluding carboxylic acids is 1. The molecule has 0 atom stereocenters. The van der Waals surface area contributed by atoms with Gasteiger partial charge in [0.25, 0.3) is 5.91 Å². The molecule has 1 saturated heterocycles. The van der Waals surface area contributed by atoms with Crippen molar-refractivity contribution in [1.29, 1.82) is 0 Å². The number of hydrogen-bond acceptors (Lipinski definition) is 6. The Morgan fingerprint density at radius 3 is 2.59 bits per heavy atom. The molecule has 8 nitrogen and oxygen atoms in total. The highest BCUT2D eigenvalue weighted by molar-refractivity contribution is 6.05. The van der Waals surface area contributed by atoms with Gasteiger partial charge in [-0.2, -0.15) is 0 Å². The first-order chi connectivity index (χ1) is 10.7. The Hall–Kier alpha value is -2.64. The Bertz CT molecular complexity index is 660. The van der Waals surface area contributed by atoms with Crippen molar-refractivity contribution in [2.75, 3.05) is 30.4 Å². The summed E-state index contributed by atoms with van der Waals surface area (Å²) in [4.78, 5) is 23.0. The first-order valence-corrected chi connectivity index (χ1v) is 7.13. The summed E-state index contributed by atoms with van der Waals surface area (Å²) in [6.07, 6.45) is 7.17. The van der Waals surface area contributed by atoms with E-state index in [1.54, 1.807) is 25.6 Å². The van der Waals surface area contributed by atoms with Crippen molar-refractivity contribution < 1.29 is 9.53 Å². The van der Waals surface area contributed by atoms with Gasteiger partial charge in [-0.25, -0.2) is 9.97 Å². The van der Waals surface area contributed by atoms with Crippen LogP contribution in [0.1, 0.15) is 23.2 Å². The van der Waals surface area contributed by atoms with Gasteiger partial charge in [0.05, 0.1) is 25.2 Å². The van der Waals surface area contributed by atoms with Gasteiger partial charge in [0.1, 0.15) is 5.56 Å². The minimum absolute atomic E-state index is 0.287. The summed E-state index contributed by atoms with van der Waals surface area (Å²) < 4.78 is 6.61. The third-order valence-electron chi connectivity index (χ3n) is 3.52. The average molecular weight is 302 g/mol. The molecule has 22 heavy (non-hydrogen) atoms. The number of methoxy groups -OCH3 is 1. The fourth-order valence-corrected chi connectivity index (χ4v) is 2.44. The fraction of sp³-hybridized carbons (Fsp3) is 0.429. The Morgan fingerprint density at radius 1 is 1.27 bits per heavy atom. The molecule has 1 aliphatic heterocycles. The molecule has 1 amide bonds. The third-order valence-corrected chi connectivity index (χ3v) is 3.52. The lowest BCUT2D eigenvalue weighted by Crippen LogP contribution is -2.20. The van der Waals surface area contributed by atoms with Crippen LogP contribution in [-0.2, 0) is 7.05 Å². The lowest BCUT2D eigenvalue weighted by molar-refractivity contribution is 0.102. The van der Waals surface area contributed by atoms with Crippen LogP contribution >= 0.6 is 0 Å². The van der Waals surface area contributed by atoms with Crippen LogP contribution in [0.25, 0.3) is 0 Å². The number of hydrogen-bond donors (Lipinski definition) is 1. The van der Waals surface area contributed by atoms with Crippen molar-refractivity contribution in [3.63, 3.8) is 0 Å². The highest BCUT2D eigenvalue weighted by atomic mass is 16.5. The fourth-order valence-electron chi connectivity index (χ4n) is 2.44. The van der Waals surface area contributed by atoms with Gasteiger partial charge >= 0.3 is 0 Å². The Kier molecular flexibility index (Phi) is 3.90. The van der Waals surface area contributed by atoms with Crippen LogP contribution in [0.2, 0.25) is 0 Å². The summed E-state index contributed by atoms with van der Waals surface area (Å²) in [7, 11) is 3.21. The zero-order valence-corrected chi connectivity index (χ0v) is 12.6. The van der Waals surface area contributed by atoms with Gasteiger partial charge in [0, 0.05) is 26.3 Å². The minimum Gasteiger partial charge on any atom is -0.479 e. The van der Waals surface area contributed by atoms with Gasteiger partial charge in [-0.3, -0.25) is 9.48 Å². The number of aromatic nitrogens is 4. The molecule has 3 rings (SSSR count). The minimum atomic E-state index is -0.303. The smallest absolute Gasteiger partial charge is 0.262 e. The molecule has 0 radical (unpaired) electrons. The number of aryl methyl sites for hydroxylation is 1. The molecule has 1 fully saturated rings. The molecule has 0 aromatic carbocycles. The molecule has 116 valence electrons. The van der Waals surface area contributed by atoms with E-state index in [0.29, 0.717) is 17.2 Å².